The largest absolute Gasteiger partial charge is 0.495 e. The number of methoxy groups -OCH3 is 1. The van der Waals surface area contributed by atoms with E-state index in [4.69, 9.17) is 10.5 Å². The van der Waals surface area contributed by atoms with Crippen molar-refractivity contribution in [3.05, 3.63) is 35.2 Å². The normalized spacial score (nSPS) is 10.5. The molecule has 0 saturated heterocycles. The average Bonchev–Trinajstić information content (AvgIpc) is 2.74. The van der Waals surface area contributed by atoms with Gasteiger partial charge in [-0.15, -0.1) is 0 Å². The number of amides is 1. The second-order valence-electron chi connectivity index (χ2n) is 5.18. The summed E-state index contributed by atoms with van der Waals surface area (Å²) in [6.07, 6.45) is 0.970. The number of carbonyl (C=O) groups excluding carboxylic acids is 1. The van der Waals surface area contributed by atoms with Gasteiger partial charge in [-0.25, -0.2) is 0 Å². The maximum Gasteiger partial charge on any atom is 0.259 e. The Morgan fingerprint density at radius 2 is 2.14 bits per heavy atom. The van der Waals surface area contributed by atoms with E-state index in [9.17, 15) is 4.79 Å². The highest BCUT2D eigenvalue weighted by atomic mass is 16.5. The number of nitrogen functional groups attached to an aromatic ring is 1. The first-order valence-electron chi connectivity index (χ1n) is 7.26. The Morgan fingerprint density at radius 3 is 2.73 bits per heavy atom. The predicted octanol–water partition coefficient (Wildman–Crippen LogP) is 2.75. The van der Waals surface area contributed by atoms with Crippen molar-refractivity contribution in [2.75, 3.05) is 18.2 Å². The first-order valence-corrected chi connectivity index (χ1v) is 7.26. The van der Waals surface area contributed by atoms with Crippen molar-refractivity contribution in [1.29, 1.82) is 0 Å². The molecular formula is C16H22N4O2. The Bertz CT molecular complexity index is 692. The SMILES string of the molecule is CCCn1nc(C)c(C(=O)Nc2ccc(OC)c(N)c2)c1C. The summed E-state index contributed by atoms with van der Waals surface area (Å²) in [5.74, 6) is 0.406. The maximum atomic E-state index is 12.5. The summed E-state index contributed by atoms with van der Waals surface area (Å²) < 4.78 is 6.97. The minimum atomic E-state index is -0.179. The van der Waals surface area contributed by atoms with Crippen LogP contribution in [0, 0.1) is 13.8 Å². The maximum absolute atomic E-state index is 12.5. The molecule has 1 heterocycles. The summed E-state index contributed by atoms with van der Waals surface area (Å²) in [5, 5.41) is 7.28. The van der Waals surface area contributed by atoms with Crippen LogP contribution in [-0.2, 0) is 6.54 Å². The fourth-order valence-electron chi connectivity index (χ4n) is 2.46. The molecule has 1 amide bonds. The van der Waals surface area contributed by atoms with Gasteiger partial charge < -0.3 is 15.8 Å². The molecule has 6 heteroatoms. The third-order valence-electron chi connectivity index (χ3n) is 3.53. The molecule has 2 rings (SSSR count). The molecular weight excluding hydrogens is 280 g/mol. The number of anilines is 2. The standard InChI is InChI=1S/C16H22N4O2/c1-5-8-20-11(3)15(10(2)19-20)16(21)18-12-6-7-14(22-4)13(17)9-12/h6-7,9H,5,8,17H2,1-4H3,(H,18,21). The zero-order valence-electron chi connectivity index (χ0n) is 13.4. The van der Waals surface area contributed by atoms with E-state index in [1.54, 1.807) is 25.3 Å². The van der Waals surface area contributed by atoms with Gasteiger partial charge in [0, 0.05) is 17.9 Å². The van der Waals surface area contributed by atoms with Crippen LogP contribution in [0.1, 0.15) is 35.1 Å². The van der Waals surface area contributed by atoms with E-state index in [-0.39, 0.29) is 5.91 Å². The quantitative estimate of drug-likeness (QED) is 0.832. The Hall–Kier alpha value is -2.50. The third kappa shape index (κ3) is 3.05. The van der Waals surface area contributed by atoms with E-state index in [0.29, 0.717) is 22.7 Å². The number of benzene rings is 1. The van der Waals surface area contributed by atoms with Gasteiger partial charge in [0.1, 0.15) is 5.75 Å². The minimum absolute atomic E-state index is 0.179. The van der Waals surface area contributed by atoms with E-state index in [1.807, 2.05) is 18.5 Å². The summed E-state index contributed by atoms with van der Waals surface area (Å²) in [5.41, 5.74) is 9.18. The highest BCUT2D eigenvalue weighted by Gasteiger charge is 2.18. The molecule has 6 nitrogen and oxygen atoms in total. The number of nitrogens with one attached hydrogen (secondary N) is 1. The number of rotatable bonds is 5. The number of carbonyl (C=O) groups is 1. The molecule has 2 aromatic rings. The van der Waals surface area contributed by atoms with E-state index in [2.05, 4.69) is 17.3 Å². The van der Waals surface area contributed by atoms with Crippen molar-refractivity contribution < 1.29 is 9.53 Å². The van der Waals surface area contributed by atoms with Crippen LogP contribution in [0.3, 0.4) is 0 Å². The highest BCUT2D eigenvalue weighted by molar-refractivity contribution is 6.06. The number of hydrogen-bond donors (Lipinski definition) is 2. The summed E-state index contributed by atoms with van der Waals surface area (Å²) in [7, 11) is 1.55. The van der Waals surface area contributed by atoms with Gasteiger partial charge in [0.15, 0.2) is 0 Å². The fraction of sp³-hybridized carbons (Fsp3) is 0.375. The van der Waals surface area contributed by atoms with Gasteiger partial charge in [0.2, 0.25) is 0 Å². The first-order chi connectivity index (χ1) is 10.5. The van der Waals surface area contributed by atoms with Crippen molar-refractivity contribution in [3.63, 3.8) is 0 Å². The molecule has 3 N–H and O–H groups in total. The number of ether oxygens (including phenoxy) is 1. The van der Waals surface area contributed by atoms with E-state index in [1.165, 1.54) is 0 Å². The molecule has 1 aromatic heterocycles. The molecule has 0 atom stereocenters. The van der Waals surface area contributed by atoms with Crippen LogP contribution in [-0.4, -0.2) is 22.8 Å². The van der Waals surface area contributed by atoms with Crippen LogP contribution in [0.2, 0.25) is 0 Å². The smallest absolute Gasteiger partial charge is 0.259 e. The summed E-state index contributed by atoms with van der Waals surface area (Å²) >= 11 is 0. The zero-order valence-corrected chi connectivity index (χ0v) is 13.4. The molecule has 0 aliphatic heterocycles. The first kappa shape index (κ1) is 15.9. The molecule has 0 radical (unpaired) electrons. The van der Waals surface area contributed by atoms with Gasteiger partial charge in [0.25, 0.3) is 5.91 Å². The molecule has 1 aromatic carbocycles. The zero-order chi connectivity index (χ0) is 16.3. The van der Waals surface area contributed by atoms with Gasteiger partial charge in [-0.2, -0.15) is 5.10 Å². The average molecular weight is 302 g/mol. The van der Waals surface area contributed by atoms with Gasteiger partial charge in [0.05, 0.1) is 24.1 Å². The van der Waals surface area contributed by atoms with Crippen LogP contribution >= 0.6 is 0 Å². The van der Waals surface area contributed by atoms with Crippen molar-refractivity contribution in [1.82, 2.24) is 9.78 Å². The van der Waals surface area contributed by atoms with Crippen LogP contribution < -0.4 is 15.8 Å². The Morgan fingerprint density at radius 1 is 1.41 bits per heavy atom. The van der Waals surface area contributed by atoms with E-state index in [0.717, 1.165) is 24.4 Å². The highest BCUT2D eigenvalue weighted by Crippen LogP contribution is 2.25. The van der Waals surface area contributed by atoms with Crippen LogP contribution in [0.5, 0.6) is 5.75 Å². The minimum Gasteiger partial charge on any atom is -0.495 e. The lowest BCUT2D eigenvalue weighted by molar-refractivity contribution is 0.102. The molecule has 0 spiro atoms. The molecule has 118 valence electrons. The van der Waals surface area contributed by atoms with Gasteiger partial charge in [-0.05, 0) is 38.5 Å². The lowest BCUT2D eigenvalue weighted by Crippen LogP contribution is -2.14. The van der Waals surface area contributed by atoms with E-state index >= 15 is 0 Å². The molecule has 0 saturated carbocycles. The Labute approximate surface area is 130 Å². The second kappa shape index (κ2) is 6.51. The lowest BCUT2D eigenvalue weighted by atomic mass is 10.1. The summed E-state index contributed by atoms with van der Waals surface area (Å²) in [6, 6.07) is 5.16. The summed E-state index contributed by atoms with van der Waals surface area (Å²) in [4.78, 5) is 12.5. The van der Waals surface area contributed by atoms with Crippen molar-refractivity contribution >= 4 is 17.3 Å². The fourth-order valence-corrected chi connectivity index (χ4v) is 2.46. The molecule has 0 aliphatic carbocycles. The number of nitrogens with two attached hydrogens (primary N) is 1. The van der Waals surface area contributed by atoms with Gasteiger partial charge in [-0.3, -0.25) is 9.48 Å². The van der Waals surface area contributed by atoms with Crippen LogP contribution in [0.15, 0.2) is 18.2 Å². The van der Waals surface area contributed by atoms with Gasteiger partial charge in [-0.1, -0.05) is 6.92 Å². The number of nitrogens with zero attached hydrogens (tertiary/aromatic N) is 2. The topological polar surface area (TPSA) is 82.2 Å². The number of aromatic nitrogens is 2. The second-order valence-corrected chi connectivity index (χ2v) is 5.18. The van der Waals surface area contributed by atoms with Crippen molar-refractivity contribution in [2.45, 2.75) is 33.7 Å². The molecule has 0 bridgehead atoms. The molecule has 22 heavy (non-hydrogen) atoms. The summed E-state index contributed by atoms with van der Waals surface area (Å²) in [6.45, 7) is 6.63. The molecule has 0 unspecified atom stereocenters. The Kier molecular flexibility index (Phi) is 4.70. The van der Waals surface area contributed by atoms with Crippen molar-refractivity contribution in [3.8, 4) is 5.75 Å². The predicted molar refractivity (Wildman–Crippen MR) is 87.4 cm³/mol. The van der Waals surface area contributed by atoms with Gasteiger partial charge >= 0.3 is 0 Å². The number of hydrogen-bond acceptors (Lipinski definition) is 4. The lowest BCUT2D eigenvalue weighted by Gasteiger charge is -2.09. The number of aryl methyl sites for hydroxylation is 2. The monoisotopic (exact) mass is 302 g/mol. The van der Waals surface area contributed by atoms with Crippen molar-refractivity contribution in [2.24, 2.45) is 0 Å². The van der Waals surface area contributed by atoms with Crippen LogP contribution in [0.4, 0.5) is 11.4 Å². The van der Waals surface area contributed by atoms with E-state index < -0.39 is 0 Å². The molecule has 0 fully saturated rings. The molecule has 0 aliphatic rings. The third-order valence-corrected chi connectivity index (χ3v) is 3.53. The Balaban J connectivity index is 2.24. The van der Waals surface area contributed by atoms with Crippen LogP contribution in [0.25, 0.3) is 0 Å².